The Labute approximate surface area is 163 Å². The van der Waals surface area contributed by atoms with Gasteiger partial charge in [-0.15, -0.1) is 0 Å². The van der Waals surface area contributed by atoms with Gasteiger partial charge in [0.15, 0.2) is 0 Å². The lowest BCUT2D eigenvalue weighted by molar-refractivity contribution is -0.137. The number of halogens is 1. The maximum absolute atomic E-state index is 13.1. The van der Waals surface area contributed by atoms with Crippen LogP contribution in [0, 0.1) is 5.82 Å². The highest BCUT2D eigenvalue weighted by atomic mass is 19.1. The molecule has 1 fully saturated rings. The third-order valence-corrected chi connectivity index (χ3v) is 4.99. The van der Waals surface area contributed by atoms with Gasteiger partial charge >= 0.3 is 0 Å². The van der Waals surface area contributed by atoms with Crippen LogP contribution in [0.2, 0.25) is 0 Å². The maximum atomic E-state index is 13.1. The average Bonchev–Trinajstić information content (AvgIpc) is 2.95. The van der Waals surface area contributed by atoms with Crippen molar-refractivity contribution in [3.05, 3.63) is 65.5 Å². The van der Waals surface area contributed by atoms with Crippen molar-refractivity contribution in [2.24, 2.45) is 0 Å². The number of amides is 3. The lowest BCUT2D eigenvalue weighted by atomic mass is 10.0. The van der Waals surface area contributed by atoms with Crippen molar-refractivity contribution in [1.82, 2.24) is 4.90 Å². The SMILES string of the molecule is CC(=O)N(Cc1ccc(F)cc1)C1CC(=O)N(c2ccc(C(C)C)cc2)C1=O. The van der Waals surface area contributed by atoms with Crippen LogP contribution in [0.5, 0.6) is 0 Å². The Morgan fingerprint density at radius 2 is 1.71 bits per heavy atom. The largest absolute Gasteiger partial charge is 0.326 e. The summed E-state index contributed by atoms with van der Waals surface area (Å²) in [5, 5.41) is 0. The van der Waals surface area contributed by atoms with Gasteiger partial charge in [-0.2, -0.15) is 0 Å². The molecule has 1 atom stereocenters. The summed E-state index contributed by atoms with van der Waals surface area (Å²) in [6.07, 6.45) is -0.0639. The smallest absolute Gasteiger partial charge is 0.257 e. The van der Waals surface area contributed by atoms with E-state index in [9.17, 15) is 18.8 Å². The first kappa shape index (κ1) is 19.7. The molecule has 2 aromatic carbocycles. The molecule has 0 aliphatic carbocycles. The molecule has 1 heterocycles. The minimum absolute atomic E-state index is 0.0639. The molecular weight excluding hydrogens is 359 g/mol. The zero-order chi connectivity index (χ0) is 20.4. The molecule has 0 bridgehead atoms. The minimum atomic E-state index is -0.861. The van der Waals surface area contributed by atoms with Gasteiger partial charge in [-0.3, -0.25) is 14.4 Å². The molecule has 0 N–H and O–H groups in total. The van der Waals surface area contributed by atoms with Crippen LogP contribution >= 0.6 is 0 Å². The van der Waals surface area contributed by atoms with Crippen molar-refractivity contribution in [2.45, 2.75) is 45.7 Å². The molecular formula is C22H23FN2O3. The highest BCUT2D eigenvalue weighted by Crippen LogP contribution is 2.28. The summed E-state index contributed by atoms with van der Waals surface area (Å²) in [4.78, 5) is 40.2. The summed E-state index contributed by atoms with van der Waals surface area (Å²) in [5.41, 5.74) is 2.31. The molecule has 3 amide bonds. The van der Waals surface area contributed by atoms with E-state index in [2.05, 4.69) is 13.8 Å². The van der Waals surface area contributed by atoms with Gasteiger partial charge < -0.3 is 4.90 Å². The molecule has 0 spiro atoms. The standard InChI is InChI=1S/C22H23FN2O3/c1-14(2)17-6-10-19(11-7-17)25-21(27)12-20(22(25)28)24(15(3)26)13-16-4-8-18(23)9-5-16/h4-11,14,20H,12-13H2,1-3H3. The summed E-state index contributed by atoms with van der Waals surface area (Å²) < 4.78 is 13.1. The molecule has 2 aromatic rings. The first-order chi connectivity index (χ1) is 13.3. The van der Waals surface area contributed by atoms with Gasteiger partial charge in [0.05, 0.1) is 12.1 Å². The predicted octanol–water partition coefficient (Wildman–Crippen LogP) is 3.63. The Kier molecular flexibility index (Phi) is 5.58. The summed E-state index contributed by atoms with van der Waals surface area (Å²) >= 11 is 0. The molecule has 0 saturated carbocycles. The normalized spacial score (nSPS) is 16.8. The van der Waals surface area contributed by atoms with E-state index in [0.717, 1.165) is 10.5 Å². The van der Waals surface area contributed by atoms with Crippen LogP contribution in [0.3, 0.4) is 0 Å². The first-order valence-electron chi connectivity index (χ1n) is 9.26. The number of anilines is 1. The van der Waals surface area contributed by atoms with Crippen LogP contribution in [0.25, 0.3) is 0 Å². The third kappa shape index (κ3) is 3.96. The van der Waals surface area contributed by atoms with E-state index in [1.807, 2.05) is 12.1 Å². The summed E-state index contributed by atoms with van der Waals surface area (Å²) in [5.74, 6) is -1.10. The van der Waals surface area contributed by atoms with Crippen LogP contribution < -0.4 is 4.90 Å². The van der Waals surface area contributed by atoms with E-state index < -0.39 is 11.9 Å². The van der Waals surface area contributed by atoms with E-state index in [4.69, 9.17) is 0 Å². The Hall–Kier alpha value is -3.02. The monoisotopic (exact) mass is 382 g/mol. The highest BCUT2D eigenvalue weighted by molar-refractivity contribution is 6.22. The predicted molar refractivity (Wildman–Crippen MR) is 104 cm³/mol. The highest BCUT2D eigenvalue weighted by Gasteiger charge is 2.43. The topological polar surface area (TPSA) is 57.7 Å². The molecule has 1 aliphatic heterocycles. The molecule has 1 saturated heterocycles. The number of carbonyl (C=O) groups is 3. The van der Waals surface area contributed by atoms with Crippen molar-refractivity contribution >= 4 is 23.4 Å². The van der Waals surface area contributed by atoms with Gasteiger partial charge in [0, 0.05) is 13.5 Å². The average molecular weight is 382 g/mol. The molecule has 6 heteroatoms. The molecule has 1 aliphatic rings. The fraction of sp³-hybridized carbons (Fsp3) is 0.318. The van der Waals surface area contributed by atoms with Gasteiger partial charge in [0.2, 0.25) is 11.8 Å². The van der Waals surface area contributed by atoms with Crippen LogP contribution in [-0.4, -0.2) is 28.7 Å². The maximum Gasteiger partial charge on any atom is 0.257 e. The van der Waals surface area contributed by atoms with E-state index in [1.165, 1.54) is 24.0 Å². The Bertz CT molecular complexity index is 891. The minimum Gasteiger partial charge on any atom is -0.326 e. The van der Waals surface area contributed by atoms with Crippen LogP contribution in [0.1, 0.15) is 44.2 Å². The summed E-state index contributed by atoms with van der Waals surface area (Å²) in [7, 11) is 0. The Morgan fingerprint density at radius 1 is 1.11 bits per heavy atom. The summed E-state index contributed by atoms with van der Waals surface area (Å²) in [6.45, 7) is 5.63. The molecule has 1 unspecified atom stereocenters. The van der Waals surface area contributed by atoms with Gasteiger partial charge in [0.25, 0.3) is 5.91 Å². The zero-order valence-electron chi connectivity index (χ0n) is 16.2. The Balaban J connectivity index is 1.83. The molecule has 3 rings (SSSR count). The second kappa shape index (κ2) is 7.92. The number of benzene rings is 2. The lowest BCUT2D eigenvalue weighted by Crippen LogP contribution is -2.44. The van der Waals surface area contributed by atoms with E-state index >= 15 is 0 Å². The quantitative estimate of drug-likeness (QED) is 0.742. The van der Waals surface area contributed by atoms with Crippen LogP contribution in [-0.2, 0) is 20.9 Å². The number of imide groups is 1. The first-order valence-corrected chi connectivity index (χ1v) is 9.26. The van der Waals surface area contributed by atoms with Crippen molar-refractivity contribution in [2.75, 3.05) is 4.90 Å². The third-order valence-electron chi connectivity index (χ3n) is 4.99. The van der Waals surface area contributed by atoms with Crippen molar-refractivity contribution in [1.29, 1.82) is 0 Å². The van der Waals surface area contributed by atoms with E-state index in [1.54, 1.807) is 24.3 Å². The fourth-order valence-corrected chi connectivity index (χ4v) is 3.37. The molecule has 146 valence electrons. The number of carbonyl (C=O) groups excluding carboxylic acids is 3. The molecule has 28 heavy (non-hydrogen) atoms. The second-order valence-electron chi connectivity index (χ2n) is 7.31. The van der Waals surface area contributed by atoms with E-state index in [-0.39, 0.29) is 30.6 Å². The van der Waals surface area contributed by atoms with Crippen molar-refractivity contribution in [3.63, 3.8) is 0 Å². The van der Waals surface area contributed by atoms with Gasteiger partial charge in [-0.25, -0.2) is 9.29 Å². The molecule has 0 aromatic heterocycles. The van der Waals surface area contributed by atoms with Crippen LogP contribution in [0.4, 0.5) is 10.1 Å². The van der Waals surface area contributed by atoms with Crippen molar-refractivity contribution < 1.29 is 18.8 Å². The number of hydrogen-bond donors (Lipinski definition) is 0. The summed E-state index contributed by atoms with van der Waals surface area (Å²) in [6, 6.07) is 12.2. The van der Waals surface area contributed by atoms with Gasteiger partial charge in [0.1, 0.15) is 11.9 Å². The fourth-order valence-electron chi connectivity index (χ4n) is 3.37. The zero-order valence-corrected chi connectivity index (χ0v) is 16.2. The Morgan fingerprint density at radius 3 is 2.25 bits per heavy atom. The number of rotatable bonds is 5. The second-order valence-corrected chi connectivity index (χ2v) is 7.31. The van der Waals surface area contributed by atoms with Gasteiger partial charge in [-0.05, 0) is 41.3 Å². The number of nitrogens with zero attached hydrogens (tertiary/aromatic N) is 2. The van der Waals surface area contributed by atoms with E-state index in [0.29, 0.717) is 17.2 Å². The van der Waals surface area contributed by atoms with Crippen LogP contribution in [0.15, 0.2) is 48.5 Å². The molecule has 0 radical (unpaired) electrons. The number of hydrogen-bond acceptors (Lipinski definition) is 3. The van der Waals surface area contributed by atoms with Crippen molar-refractivity contribution in [3.8, 4) is 0 Å². The molecule has 5 nitrogen and oxygen atoms in total. The lowest BCUT2D eigenvalue weighted by Gasteiger charge is -2.26. The van der Waals surface area contributed by atoms with Gasteiger partial charge in [-0.1, -0.05) is 38.1 Å².